The van der Waals surface area contributed by atoms with Crippen molar-refractivity contribution in [3.05, 3.63) is 71.9 Å². The summed E-state index contributed by atoms with van der Waals surface area (Å²) in [5, 5.41) is 10.2. The molecule has 4 rings (SSSR count). The first kappa shape index (κ1) is 24.3. The minimum absolute atomic E-state index is 0.0544. The average molecular weight is 476 g/mol. The predicted octanol–water partition coefficient (Wildman–Crippen LogP) is 5.05. The summed E-state index contributed by atoms with van der Waals surface area (Å²) in [5.74, 6) is 1.44. The molecule has 8 nitrogen and oxygen atoms in total. The van der Waals surface area contributed by atoms with Crippen LogP contribution < -0.4 is 15.4 Å². The van der Waals surface area contributed by atoms with Crippen LogP contribution in [-0.2, 0) is 12.5 Å². The molecule has 3 aromatic rings. The maximum absolute atomic E-state index is 12.6. The summed E-state index contributed by atoms with van der Waals surface area (Å²) in [7, 11) is 1.80. The second-order valence-electron chi connectivity index (χ2n) is 9.87. The number of aromatic nitrogens is 2. The molecule has 0 atom stereocenters. The van der Waals surface area contributed by atoms with Gasteiger partial charge >= 0.3 is 6.03 Å². The molecule has 1 aliphatic rings. The zero-order valence-corrected chi connectivity index (χ0v) is 20.7. The Morgan fingerprint density at radius 3 is 2.23 bits per heavy atom. The van der Waals surface area contributed by atoms with Gasteiger partial charge in [0, 0.05) is 55.7 Å². The molecule has 3 amide bonds. The molecule has 35 heavy (non-hydrogen) atoms. The van der Waals surface area contributed by atoms with E-state index < -0.39 is 0 Å². The summed E-state index contributed by atoms with van der Waals surface area (Å²) >= 11 is 0. The van der Waals surface area contributed by atoms with Crippen molar-refractivity contribution in [2.75, 3.05) is 23.7 Å². The van der Waals surface area contributed by atoms with Gasteiger partial charge in [0.1, 0.15) is 17.7 Å². The van der Waals surface area contributed by atoms with Gasteiger partial charge in [-0.1, -0.05) is 39.0 Å². The molecule has 0 spiro atoms. The third-order valence-corrected chi connectivity index (χ3v) is 6.05. The maximum Gasteiger partial charge on any atom is 0.324 e. The lowest BCUT2D eigenvalue weighted by atomic mass is 9.92. The molecule has 0 radical (unpaired) electrons. The van der Waals surface area contributed by atoms with Gasteiger partial charge in [-0.2, -0.15) is 5.10 Å². The predicted molar refractivity (Wildman–Crippen MR) is 137 cm³/mol. The zero-order valence-electron chi connectivity index (χ0n) is 20.7. The molecule has 1 aromatic heterocycles. The number of anilines is 2. The summed E-state index contributed by atoms with van der Waals surface area (Å²) in [6.45, 7) is 7.58. The Kier molecular flexibility index (Phi) is 7.10. The van der Waals surface area contributed by atoms with Crippen LogP contribution in [0.5, 0.6) is 5.75 Å². The summed E-state index contributed by atoms with van der Waals surface area (Å²) in [6, 6.07) is 18.2. The summed E-state index contributed by atoms with van der Waals surface area (Å²) in [5.41, 5.74) is 2.19. The smallest absolute Gasteiger partial charge is 0.324 e. The molecule has 184 valence electrons. The number of aryl methyl sites for hydroxylation is 1. The molecule has 2 heterocycles. The molecule has 0 saturated carbocycles. The molecule has 1 fully saturated rings. The molecular weight excluding hydrogens is 442 g/mol. The van der Waals surface area contributed by atoms with Crippen molar-refractivity contribution in [3.63, 3.8) is 0 Å². The van der Waals surface area contributed by atoms with Crippen LogP contribution >= 0.6 is 0 Å². The lowest BCUT2D eigenvalue weighted by Crippen LogP contribution is -2.41. The van der Waals surface area contributed by atoms with Gasteiger partial charge in [0.25, 0.3) is 5.91 Å². The monoisotopic (exact) mass is 475 g/mol. The SMILES string of the molecule is Cn1nc(C(C)(C)C)cc1NC(=O)Nc1ccc(OC2CCN(C(=O)c3ccccc3)CC2)cc1. The number of hydrogen-bond donors (Lipinski definition) is 2. The first-order valence-corrected chi connectivity index (χ1v) is 11.9. The van der Waals surface area contributed by atoms with Crippen molar-refractivity contribution in [1.29, 1.82) is 0 Å². The first-order chi connectivity index (χ1) is 16.7. The number of hydrogen-bond acceptors (Lipinski definition) is 4. The Morgan fingerprint density at radius 1 is 0.971 bits per heavy atom. The molecular formula is C27H33N5O3. The second-order valence-corrected chi connectivity index (χ2v) is 9.87. The highest BCUT2D eigenvalue weighted by atomic mass is 16.5. The number of benzene rings is 2. The van der Waals surface area contributed by atoms with E-state index in [1.165, 1.54) is 0 Å². The zero-order chi connectivity index (χ0) is 25.0. The van der Waals surface area contributed by atoms with Crippen molar-refractivity contribution in [2.24, 2.45) is 7.05 Å². The van der Waals surface area contributed by atoms with Crippen LogP contribution in [0.3, 0.4) is 0 Å². The van der Waals surface area contributed by atoms with Crippen molar-refractivity contribution >= 4 is 23.4 Å². The summed E-state index contributed by atoms with van der Waals surface area (Å²) in [6.07, 6.45) is 1.61. The number of nitrogens with zero attached hydrogens (tertiary/aromatic N) is 3. The van der Waals surface area contributed by atoms with Crippen molar-refractivity contribution in [2.45, 2.75) is 45.1 Å². The van der Waals surface area contributed by atoms with E-state index in [-0.39, 0.29) is 23.5 Å². The fourth-order valence-electron chi connectivity index (χ4n) is 3.98. The van der Waals surface area contributed by atoms with Gasteiger partial charge in [-0.05, 0) is 36.4 Å². The van der Waals surface area contributed by atoms with Crippen LogP contribution in [0.2, 0.25) is 0 Å². The van der Waals surface area contributed by atoms with Crippen LogP contribution in [0, 0.1) is 0 Å². The lowest BCUT2D eigenvalue weighted by molar-refractivity contribution is 0.0595. The summed E-state index contributed by atoms with van der Waals surface area (Å²) < 4.78 is 7.78. The number of carbonyl (C=O) groups excluding carboxylic acids is 2. The van der Waals surface area contributed by atoms with Gasteiger partial charge in [0.15, 0.2) is 0 Å². The van der Waals surface area contributed by atoms with E-state index in [0.29, 0.717) is 24.6 Å². The van der Waals surface area contributed by atoms with Gasteiger partial charge in [0.2, 0.25) is 0 Å². The Labute approximate surface area is 206 Å². The van der Waals surface area contributed by atoms with Crippen molar-refractivity contribution in [1.82, 2.24) is 14.7 Å². The van der Waals surface area contributed by atoms with Crippen LogP contribution in [-0.4, -0.2) is 45.8 Å². The fraction of sp³-hybridized carbons (Fsp3) is 0.370. The Morgan fingerprint density at radius 2 is 1.63 bits per heavy atom. The third-order valence-electron chi connectivity index (χ3n) is 6.05. The van der Waals surface area contributed by atoms with E-state index in [4.69, 9.17) is 4.74 Å². The molecule has 0 bridgehead atoms. The third kappa shape index (κ3) is 6.20. The van der Waals surface area contributed by atoms with Crippen LogP contribution in [0.1, 0.15) is 49.7 Å². The van der Waals surface area contributed by atoms with Crippen LogP contribution in [0.15, 0.2) is 60.7 Å². The minimum Gasteiger partial charge on any atom is -0.490 e. The molecule has 1 saturated heterocycles. The van der Waals surface area contributed by atoms with Crippen LogP contribution in [0.25, 0.3) is 0 Å². The minimum atomic E-state index is -0.336. The van der Waals surface area contributed by atoms with E-state index in [9.17, 15) is 9.59 Å². The van der Waals surface area contributed by atoms with Gasteiger partial charge < -0.3 is 15.0 Å². The second kappa shape index (κ2) is 10.2. The number of piperidine rings is 1. The van der Waals surface area contributed by atoms with E-state index in [2.05, 4.69) is 36.5 Å². The van der Waals surface area contributed by atoms with Crippen molar-refractivity contribution in [3.8, 4) is 5.75 Å². The van der Waals surface area contributed by atoms with Gasteiger partial charge in [0.05, 0.1) is 5.69 Å². The number of amides is 3. The number of nitrogens with one attached hydrogen (secondary N) is 2. The van der Waals surface area contributed by atoms with Gasteiger partial charge in [-0.3, -0.25) is 14.8 Å². The number of likely N-dealkylation sites (tertiary alicyclic amines) is 1. The quantitative estimate of drug-likeness (QED) is 0.541. The molecule has 2 N–H and O–H groups in total. The molecule has 2 aromatic carbocycles. The van der Waals surface area contributed by atoms with E-state index >= 15 is 0 Å². The highest BCUT2D eigenvalue weighted by Crippen LogP contribution is 2.24. The van der Waals surface area contributed by atoms with Gasteiger partial charge in [-0.25, -0.2) is 4.79 Å². The summed E-state index contributed by atoms with van der Waals surface area (Å²) in [4.78, 5) is 26.9. The highest BCUT2D eigenvalue weighted by molar-refractivity contribution is 5.99. The largest absolute Gasteiger partial charge is 0.490 e. The molecule has 0 aliphatic carbocycles. The molecule has 8 heteroatoms. The van der Waals surface area contributed by atoms with E-state index in [1.54, 1.807) is 11.7 Å². The lowest BCUT2D eigenvalue weighted by Gasteiger charge is -2.32. The topological polar surface area (TPSA) is 88.5 Å². The number of rotatable bonds is 5. The Bertz CT molecular complexity index is 1160. The Balaban J connectivity index is 1.25. The highest BCUT2D eigenvalue weighted by Gasteiger charge is 2.24. The van der Waals surface area contributed by atoms with Gasteiger partial charge in [-0.15, -0.1) is 0 Å². The van der Waals surface area contributed by atoms with E-state index in [1.807, 2.05) is 65.6 Å². The fourth-order valence-corrected chi connectivity index (χ4v) is 3.98. The number of carbonyl (C=O) groups is 2. The number of ether oxygens (including phenoxy) is 1. The molecule has 1 aliphatic heterocycles. The Hall–Kier alpha value is -3.81. The first-order valence-electron chi connectivity index (χ1n) is 11.9. The van der Waals surface area contributed by atoms with E-state index in [0.717, 1.165) is 29.8 Å². The number of urea groups is 1. The maximum atomic E-state index is 12.6. The average Bonchev–Trinajstić information content (AvgIpc) is 3.21. The normalized spacial score (nSPS) is 14.5. The molecule has 0 unspecified atom stereocenters. The van der Waals surface area contributed by atoms with Crippen LogP contribution in [0.4, 0.5) is 16.3 Å². The van der Waals surface area contributed by atoms with Crippen molar-refractivity contribution < 1.29 is 14.3 Å². The standard InChI is InChI=1S/C27H33N5O3/c1-27(2,3)23-18-24(31(4)30-23)29-26(34)28-20-10-12-21(13-11-20)35-22-14-16-32(17-15-22)25(33)19-8-6-5-7-9-19/h5-13,18,22H,14-17H2,1-4H3,(H2,28,29,34).